The summed E-state index contributed by atoms with van der Waals surface area (Å²) < 4.78 is 5.07. The predicted molar refractivity (Wildman–Crippen MR) is 76.3 cm³/mol. The Hall–Kier alpha value is -1.40. The molecular formula is C13H24N4O2. The highest BCUT2D eigenvalue weighted by Gasteiger charge is 2.20. The molecule has 108 valence electrons. The maximum absolute atomic E-state index is 9.14. The molecule has 3 N–H and O–H groups in total. The lowest BCUT2D eigenvalue weighted by molar-refractivity contribution is 0.202. The minimum absolute atomic E-state index is 0.0540. The molecule has 0 saturated heterocycles. The molecule has 0 radical (unpaired) electrons. The van der Waals surface area contributed by atoms with Crippen LogP contribution in [-0.4, -0.2) is 48.5 Å². The number of rotatable bonds is 6. The topological polar surface area (TPSA) is 84.5 Å². The van der Waals surface area contributed by atoms with E-state index < -0.39 is 0 Å². The first kappa shape index (κ1) is 15.7. The zero-order chi connectivity index (χ0) is 14.5. The molecule has 0 atom stereocenters. The lowest BCUT2D eigenvalue weighted by Gasteiger charge is -2.25. The van der Waals surface area contributed by atoms with Crippen LogP contribution < -0.4 is 10.6 Å². The molecular weight excluding hydrogens is 244 g/mol. The van der Waals surface area contributed by atoms with Gasteiger partial charge in [-0.15, -0.1) is 0 Å². The molecule has 0 aliphatic carbocycles. The van der Waals surface area contributed by atoms with E-state index in [0.717, 1.165) is 5.82 Å². The number of aliphatic hydroxyl groups is 1. The van der Waals surface area contributed by atoms with Gasteiger partial charge < -0.3 is 20.5 Å². The third-order valence-electron chi connectivity index (χ3n) is 2.66. The molecule has 0 bridgehead atoms. The van der Waals surface area contributed by atoms with Gasteiger partial charge in [-0.2, -0.15) is 0 Å². The van der Waals surface area contributed by atoms with E-state index >= 15 is 0 Å². The number of nitrogen functional groups attached to an aromatic ring is 1. The summed E-state index contributed by atoms with van der Waals surface area (Å²) in [7, 11) is 1.64. The number of aliphatic hydroxyl groups excluding tert-OH is 1. The van der Waals surface area contributed by atoms with Gasteiger partial charge in [-0.05, 0) is 0 Å². The van der Waals surface area contributed by atoms with Crippen molar-refractivity contribution >= 4 is 11.6 Å². The number of nitrogens with zero attached hydrogens (tertiary/aromatic N) is 3. The lowest BCUT2D eigenvalue weighted by atomic mass is 9.96. The van der Waals surface area contributed by atoms with Crippen molar-refractivity contribution in [2.75, 3.05) is 44.0 Å². The lowest BCUT2D eigenvalue weighted by Crippen LogP contribution is -2.32. The Kier molecular flexibility index (Phi) is 5.50. The molecule has 0 saturated carbocycles. The van der Waals surface area contributed by atoms with E-state index in [4.69, 9.17) is 15.6 Å². The molecule has 6 nitrogen and oxygen atoms in total. The van der Waals surface area contributed by atoms with Crippen LogP contribution in [0.2, 0.25) is 0 Å². The van der Waals surface area contributed by atoms with Gasteiger partial charge in [0.15, 0.2) is 0 Å². The van der Waals surface area contributed by atoms with E-state index in [-0.39, 0.29) is 12.0 Å². The van der Waals surface area contributed by atoms with Crippen LogP contribution in [-0.2, 0) is 10.2 Å². The van der Waals surface area contributed by atoms with Crippen LogP contribution >= 0.6 is 0 Å². The summed E-state index contributed by atoms with van der Waals surface area (Å²) in [6.07, 6.45) is 0. The molecule has 0 amide bonds. The fourth-order valence-electron chi connectivity index (χ4n) is 1.61. The zero-order valence-corrected chi connectivity index (χ0v) is 12.2. The van der Waals surface area contributed by atoms with E-state index in [1.54, 1.807) is 13.2 Å². The Labute approximate surface area is 114 Å². The number of hydrogen-bond donors (Lipinski definition) is 2. The number of nitrogens with two attached hydrogens (primary N) is 1. The van der Waals surface area contributed by atoms with Gasteiger partial charge in [0, 0.05) is 31.7 Å². The van der Waals surface area contributed by atoms with Gasteiger partial charge in [0.1, 0.15) is 17.5 Å². The van der Waals surface area contributed by atoms with Gasteiger partial charge >= 0.3 is 0 Å². The van der Waals surface area contributed by atoms with Crippen molar-refractivity contribution in [1.29, 1.82) is 0 Å². The van der Waals surface area contributed by atoms with Gasteiger partial charge in [0.05, 0.1) is 13.2 Å². The summed E-state index contributed by atoms with van der Waals surface area (Å²) in [5.41, 5.74) is 5.68. The highest BCUT2D eigenvalue weighted by Crippen LogP contribution is 2.22. The van der Waals surface area contributed by atoms with Gasteiger partial charge in [0.2, 0.25) is 0 Å². The monoisotopic (exact) mass is 268 g/mol. The van der Waals surface area contributed by atoms with Crippen LogP contribution in [0.4, 0.5) is 11.6 Å². The molecule has 6 heteroatoms. The summed E-state index contributed by atoms with van der Waals surface area (Å²) in [5, 5.41) is 9.14. The first-order valence-corrected chi connectivity index (χ1v) is 6.38. The zero-order valence-electron chi connectivity index (χ0n) is 12.2. The van der Waals surface area contributed by atoms with Crippen molar-refractivity contribution in [2.24, 2.45) is 0 Å². The van der Waals surface area contributed by atoms with Gasteiger partial charge in [-0.3, -0.25) is 0 Å². The average molecular weight is 268 g/mol. The van der Waals surface area contributed by atoms with Crippen molar-refractivity contribution in [3.05, 3.63) is 11.9 Å². The average Bonchev–Trinajstić information content (AvgIpc) is 2.32. The number of methoxy groups -OCH3 is 1. The molecule has 0 unspecified atom stereocenters. The molecule has 0 fully saturated rings. The number of ether oxygens (including phenoxy) is 1. The highest BCUT2D eigenvalue weighted by atomic mass is 16.5. The standard InChI is InChI=1S/C13H24N4O2/c1-13(2,3)12-15-10(14)9-11(16-12)17(5-7-18)6-8-19-4/h9,18H,5-8H2,1-4H3,(H2,14,15,16). The van der Waals surface area contributed by atoms with E-state index in [1.165, 1.54) is 0 Å². The Bertz CT molecular complexity index is 404. The quantitative estimate of drug-likeness (QED) is 0.794. The first-order chi connectivity index (χ1) is 8.88. The molecule has 1 aromatic rings. The maximum Gasteiger partial charge on any atom is 0.138 e. The van der Waals surface area contributed by atoms with Crippen LogP contribution in [0.1, 0.15) is 26.6 Å². The normalized spacial score (nSPS) is 11.6. The maximum atomic E-state index is 9.14. The summed E-state index contributed by atoms with van der Waals surface area (Å²) in [4.78, 5) is 10.8. The minimum Gasteiger partial charge on any atom is -0.395 e. The minimum atomic E-state index is -0.170. The molecule has 1 aromatic heterocycles. The predicted octanol–water partition coefficient (Wildman–Crippen LogP) is 0.801. The molecule has 19 heavy (non-hydrogen) atoms. The summed E-state index contributed by atoms with van der Waals surface area (Å²) in [6.45, 7) is 7.87. The van der Waals surface area contributed by atoms with E-state index in [1.807, 2.05) is 25.7 Å². The molecule has 1 rings (SSSR count). The van der Waals surface area contributed by atoms with E-state index in [0.29, 0.717) is 31.3 Å². The van der Waals surface area contributed by atoms with Gasteiger partial charge in [0.25, 0.3) is 0 Å². The highest BCUT2D eigenvalue weighted by molar-refractivity contribution is 5.47. The summed E-state index contributed by atoms with van der Waals surface area (Å²) in [5.74, 6) is 1.86. The second kappa shape index (κ2) is 6.68. The van der Waals surface area contributed by atoms with Crippen molar-refractivity contribution in [3.8, 4) is 0 Å². The van der Waals surface area contributed by atoms with Crippen LogP contribution in [0.25, 0.3) is 0 Å². The Morgan fingerprint density at radius 1 is 1.32 bits per heavy atom. The molecule has 0 spiro atoms. The molecule has 0 aliphatic rings. The number of aromatic nitrogens is 2. The Morgan fingerprint density at radius 3 is 2.53 bits per heavy atom. The molecule has 1 heterocycles. The molecule has 0 aromatic carbocycles. The molecule has 0 aliphatic heterocycles. The van der Waals surface area contributed by atoms with Crippen molar-refractivity contribution in [2.45, 2.75) is 26.2 Å². The number of hydrogen-bond acceptors (Lipinski definition) is 6. The van der Waals surface area contributed by atoms with Gasteiger partial charge in [-0.1, -0.05) is 20.8 Å². The third kappa shape index (κ3) is 4.65. The fourth-order valence-corrected chi connectivity index (χ4v) is 1.61. The van der Waals surface area contributed by atoms with Crippen molar-refractivity contribution in [1.82, 2.24) is 9.97 Å². The second-order valence-corrected chi connectivity index (χ2v) is 5.43. The number of anilines is 2. The van der Waals surface area contributed by atoms with Crippen molar-refractivity contribution in [3.63, 3.8) is 0 Å². The fraction of sp³-hybridized carbons (Fsp3) is 0.692. The SMILES string of the molecule is COCCN(CCO)c1cc(N)nc(C(C)(C)C)n1. The second-order valence-electron chi connectivity index (χ2n) is 5.43. The van der Waals surface area contributed by atoms with Crippen LogP contribution in [0.15, 0.2) is 6.07 Å². The smallest absolute Gasteiger partial charge is 0.138 e. The van der Waals surface area contributed by atoms with E-state index in [9.17, 15) is 0 Å². The first-order valence-electron chi connectivity index (χ1n) is 6.38. The van der Waals surface area contributed by atoms with Crippen molar-refractivity contribution < 1.29 is 9.84 Å². The largest absolute Gasteiger partial charge is 0.395 e. The Balaban J connectivity index is 3.05. The summed E-state index contributed by atoms with van der Waals surface area (Å²) in [6, 6.07) is 1.72. The van der Waals surface area contributed by atoms with Crippen LogP contribution in [0.5, 0.6) is 0 Å². The third-order valence-corrected chi connectivity index (χ3v) is 2.66. The van der Waals surface area contributed by atoms with Crippen LogP contribution in [0, 0.1) is 0 Å². The van der Waals surface area contributed by atoms with Crippen LogP contribution in [0.3, 0.4) is 0 Å². The van der Waals surface area contributed by atoms with Gasteiger partial charge in [-0.25, -0.2) is 9.97 Å². The summed E-state index contributed by atoms with van der Waals surface area (Å²) >= 11 is 0. The Morgan fingerprint density at radius 2 is 2.00 bits per heavy atom. The van der Waals surface area contributed by atoms with E-state index in [2.05, 4.69) is 9.97 Å².